The van der Waals surface area contributed by atoms with E-state index in [0.717, 1.165) is 22.0 Å². The van der Waals surface area contributed by atoms with E-state index in [9.17, 15) is 9.59 Å². The maximum Gasteiger partial charge on any atom is 0.348 e. The molecular weight excluding hydrogens is 344 g/mol. The van der Waals surface area contributed by atoms with Crippen LogP contribution in [-0.4, -0.2) is 27.3 Å². The van der Waals surface area contributed by atoms with Crippen molar-refractivity contribution in [2.75, 3.05) is 0 Å². The molecule has 0 bridgehead atoms. The zero-order valence-electron chi connectivity index (χ0n) is 15.0. The predicted octanol–water partition coefficient (Wildman–Crippen LogP) is 3.30. The molecule has 0 spiro atoms. The van der Waals surface area contributed by atoms with Crippen LogP contribution in [0.1, 0.15) is 25.0 Å². The lowest BCUT2D eigenvalue weighted by Gasteiger charge is -2.29. The third kappa shape index (κ3) is 3.46. The Hall–Kier alpha value is -3.41. The smallest absolute Gasteiger partial charge is 0.348 e. The van der Waals surface area contributed by atoms with Crippen molar-refractivity contribution < 1.29 is 19.1 Å². The molecule has 27 heavy (non-hydrogen) atoms. The molecule has 0 saturated carbocycles. The van der Waals surface area contributed by atoms with E-state index in [1.807, 2.05) is 48.8 Å². The normalized spacial score (nSPS) is 16.1. The zero-order chi connectivity index (χ0) is 19.0. The number of carbonyl (C=O) groups is 2. The fraction of sp³-hybridized carbons (Fsp3) is 0.190. The minimum Gasteiger partial charge on any atom is -0.419 e. The minimum atomic E-state index is -1.24. The van der Waals surface area contributed by atoms with Crippen molar-refractivity contribution in [1.29, 1.82) is 0 Å². The quantitative estimate of drug-likeness (QED) is 0.406. The van der Waals surface area contributed by atoms with Crippen LogP contribution in [0.3, 0.4) is 0 Å². The Morgan fingerprint density at radius 3 is 2.59 bits per heavy atom. The van der Waals surface area contributed by atoms with E-state index >= 15 is 0 Å². The molecule has 1 saturated heterocycles. The highest BCUT2D eigenvalue weighted by Gasteiger charge is 2.38. The van der Waals surface area contributed by atoms with Crippen molar-refractivity contribution in [2.45, 2.75) is 26.2 Å². The molecule has 0 N–H and O–H groups in total. The summed E-state index contributed by atoms with van der Waals surface area (Å²) >= 11 is 0. The van der Waals surface area contributed by atoms with E-state index in [1.165, 1.54) is 19.9 Å². The largest absolute Gasteiger partial charge is 0.419 e. The highest BCUT2D eigenvalue weighted by molar-refractivity contribution is 6.19. The van der Waals surface area contributed by atoms with Crippen molar-refractivity contribution in [3.05, 3.63) is 71.7 Å². The Balaban J connectivity index is 1.63. The molecule has 136 valence electrons. The summed E-state index contributed by atoms with van der Waals surface area (Å²) in [5, 5.41) is 1.01. The summed E-state index contributed by atoms with van der Waals surface area (Å²) < 4.78 is 12.4. The van der Waals surface area contributed by atoms with Gasteiger partial charge >= 0.3 is 11.9 Å². The van der Waals surface area contributed by atoms with E-state index in [1.54, 1.807) is 6.20 Å². The summed E-state index contributed by atoms with van der Waals surface area (Å²) in [5.41, 5.74) is 2.78. The van der Waals surface area contributed by atoms with Gasteiger partial charge in [-0.3, -0.25) is 4.98 Å². The number of hydrogen-bond acceptors (Lipinski definition) is 5. The molecular formula is C21H18N2O4. The van der Waals surface area contributed by atoms with Crippen molar-refractivity contribution in [3.63, 3.8) is 0 Å². The summed E-state index contributed by atoms with van der Waals surface area (Å²) in [6, 6.07) is 11.7. The van der Waals surface area contributed by atoms with Gasteiger partial charge in [0, 0.05) is 49.9 Å². The van der Waals surface area contributed by atoms with Gasteiger partial charge in [0.2, 0.25) is 0 Å². The second-order valence-corrected chi connectivity index (χ2v) is 6.86. The summed E-state index contributed by atoms with van der Waals surface area (Å²) in [4.78, 5) is 28.3. The van der Waals surface area contributed by atoms with Gasteiger partial charge < -0.3 is 14.0 Å². The summed E-state index contributed by atoms with van der Waals surface area (Å²) in [5.74, 6) is -2.59. The first-order valence-electron chi connectivity index (χ1n) is 8.57. The van der Waals surface area contributed by atoms with Gasteiger partial charge in [-0.15, -0.1) is 0 Å². The van der Waals surface area contributed by atoms with E-state index in [-0.39, 0.29) is 5.57 Å². The molecule has 4 rings (SSSR count). The standard InChI is InChI=1S/C21H18N2O4/c1-21(2)26-19(24)17(20(25)27-21)11-14-5-6-18-16(10-14)7-9-23(18)13-15-4-3-8-22-12-15/h3-12H,13H2,1-2H3. The molecule has 3 aromatic rings. The molecule has 1 fully saturated rings. The van der Waals surface area contributed by atoms with E-state index in [0.29, 0.717) is 6.54 Å². The van der Waals surface area contributed by atoms with Crippen LogP contribution >= 0.6 is 0 Å². The van der Waals surface area contributed by atoms with Crippen molar-refractivity contribution in [2.24, 2.45) is 0 Å². The van der Waals surface area contributed by atoms with Gasteiger partial charge in [-0.1, -0.05) is 12.1 Å². The number of pyridine rings is 1. The number of nitrogens with zero attached hydrogens (tertiary/aromatic N) is 2. The van der Waals surface area contributed by atoms with Gasteiger partial charge in [-0.25, -0.2) is 9.59 Å². The number of esters is 2. The van der Waals surface area contributed by atoms with Gasteiger partial charge in [0.05, 0.1) is 0 Å². The second kappa shape index (κ2) is 6.39. The summed E-state index contributed by atoms with van der Waals surface area (Å²) in [6.07, 6.45) is 7.09. The van der Waals surface area contributed by atoms with Crippen LogP contribution in [0.4, 0.5) is 0 Å². The van der Waals surface area contributed by atoms with Gasteiger partial charge in [-0.2, -0.15) is 0 Å². The zero-order valence-corrected chi connectivity index (χ0v) is 15.0. The Morgan fingerprint density at radius 2 is 1.89 bits per heavy atom. The van der Waals surface area contributed by atoms with Crippen LogP contribution in [0.15, 0.2) is 60.6 Å². The second-order valence-electron chi connectivity index (χ2n) is 6.86. The highest BCUT2D eigenvalue weighted by atomic mass is 16.7. The number of benzene rings is 1. The molecule has 2 aromatic heterocycles. The molecule has 1 aromatic carbocycles. The molecule has 6 heteroatoms. The van der Waals surface area contributed by atoms with Crippen LogP contribution in [-0.2, 0) is 25.6 Å². The average Bonchev–Trinajstić information content (AvgIpc) is 3.00. The lowest BCUT2D eigenvalue weighted by molar-refractivity contribution is -0.222. The Morgan fingerprint density at radius 1 is 1.11 bits per heavy atom. The summed E-state index contributed by atoms with van der Waals surface area (Å²) in [7, 11) is 0. The minimum absolute atomic E-state index is 0.108. The van der Waals surface area contributed by atoms with Crippen molar-refractivity contribution in [3.8, 4) is 0 Å². The number of hydrogen-bond donors (Lipinski definition) is 0. The van der Waals surface area contributed by atoms with Crippen LogP contribution in [0.5, 0.6) is 0 Å². The fourth-order valence-corrected chi connectivity index (χ4v) is 3.08. The molecule has 1 aliphatic heterocycles. The van der Waals surface area contributed by atoms with Crippen LogP contribution in [0.25, 0.3) is 17.0 Å². The van der Waals surface area contributed by atoms with E-state index in [2.05, 4.69) is 9.55 Å². The molecule has 1 aliphatic rings. The van der Waals surface area contributed by atoms with E-state index in [4.69, 9.17) is 9.47 Å². The maximum atomic E-state index is 12.1. The number of cyclic esters (lactones) is 2. The number of ether oxygens (including phenoxy) is 2. The van der Waals surface area contributed by atoms with Crippen molar-refractivity contribution >= 4 is 28.9 Å². The first-order valence-corrected chi connectivity index (χ1v) is 8.57. The first-order chi connectivity index (χ1) is 12.9. The van der Waals surface area contributed by atoms with Crippen LogP contribution < -0.4 is 0 Å². The van der Waals surface area contributed by atoms with Crippen LogP contribution in [0.2, 0.25) is 0 Å². The Bertz CT molecular complexity index is 1040. The topological polar surface area (TPSA) is 70.4 Å². The van der Waals surface area contributed by atoms with Crippen LogP contribution in [0, 0.1) is 0 Å². The summed E-state index contributed by atoms with van der Waals surface area (Å²) in [6.45, 7) is 3.76. The number of rotatable bonds is 3. The Labute approximate surface area is 156 Å². The predicted molar refractivity (Wildman–Crippen MR) is 99.5 cm³/mol. The Kier molecular flexibility index (Phi) is 4.03. The third-order valence-electron chi connectivity index (χ3n) is 4.30. The number of fused-ring (bicyclic) bond motifs is 1. The SMILES string of the molecule is CC1(C)OC(=O)C(=Cc2ccc3c(ccn3Cc3cccnc3)c2)C(=O)O1. The van der Waals surface area contributed by atoms with E-state index < -0.39 is 17.7 Å². The molecule has 6 nitrogen and oxygen atoms in total. The molecule has 0 atom stereocenters. The van der Waals surface area contributed by atoms with Gasteiger partial charge in [0.1, 0.15) is 5.57 Å². The highest BCUT2D eigenvalue weighted by Crippen LogP contribution is 2.25. The third-order valence-corrected chi connectivity index (χ3v) is 4.30. The number of aromatic nitrogens is 2. The van der Waals surface area contributed by atoms with Gasteiger partial charge in [0.15, 0.2) is 0 Å². The first kappa shape index (κ1) is 17.0. The lowest BCUT2D eigenvalue weighted by Crippen LogP contribution is -2.41. The maximum absolute atomic E-state index is 12.1. The van der Waals surface area contributed by atoms with Crippen molar-refractivity contribution in [1.82, 2.24) is 9.55 Å². The monoisotopic (exact) mass is 362 g/mol. The fourth-order valence-electron chi connectivity index (χ4n) is 3.08. The average molecular weight is 362 g/mol. The molecule has 0 unspecified atom stereocenters. The number of carbonyl (C=O) groups excluding carboxylic acids is 2. The molecule has 0 amide bonds. The molecule has 3 heterocycles. The van der Waals surface area contributed by atoms with Gasteiger partial charge in [0.25, 0.3) is 5.79 Å². The molecule has 0 radical (unpaired) electrons. The molecule has 0 aliphatic carbocycles. The van der Waals surface area contributed by atoms with Gasteiger partial charge in [-0.05, 0) is 41.5 Å². The lowest BCUT2D eigenvalue weighted by atomic mass is 10.1.